The summed E-state index contributed by atoms with van der Waals surface area (Å²) in [5, 5.41) is 0. The van der Waals surface area contributed by atoms with Crippen LogP contribution in [0.1, 0.15) is 103 Å². The molecule has 0 heterocycles. The molecule has 3 heteroatoms. The van der Waals surface area contributed by atoms with E-state index < -0.39 is 11.6 Å². The van der Waals surface area contributed by atoms with E-state index in [4.69, 9.17) is 4.74 Å². The molecule has 0 radical (unpaired) electrons. The first-order valence-corrected chi connectivity index (χ1v) is 12.7. The number of aryl methyl sites for hydroxylation is 1. The van der Waals surface area contributed by atoms with Gasteiger partial charge in [-0.3, -0.25) is 0 Å². The Morgan fingerprint density at radius 3 is 2.00 bits per heavy atom. The van der Waals surface area contributed by atoms with E-state index in [1.165, 1.54) is 77.0 Å². The summed E-state index contributed by atoms with van der Waals surface area (Å²) >= 11 is 0. The Morgan fingerprint density at radius 1 is 0.767 bits per heavy atom. The van der Waals surface area contributed by atoms with E-state index in [9.17, 15) is 8.78 Å². The highest BCUT2D eigenvalue weighted by Gasteiger charge is 2.31. The fourth-order valence-corrected chi connectivity index (χ4v) is 5.81. The Labute approximate surface area is 183 Å². The quantitative estimate of drug-likeness (QED) is 0.345. The first-order valence-electron chi connectivity index (χ1n) is 12.7. The lowest BCUT2D eigenvalue weighted by molar-refractivity contribution is 0.120. The van der Waals surface area contributed by atoms with Gasteiger partial charge in [-0.25, -0.2) is 4.39 Å². The molecule has 0 saturated heterocycles. The molecule has 30 heavy (non-hydrogen) atoms. The van der Waals surface area contributed by atoms with Crippen LogP contribution in [0.25, 0.3) is 0 Å². The van der Waals surface area contributed by atoms with Crippen LogP contribution in [0.2, 0.25) is 0 Å². The van der Waals surface area contributed by atoms with Gasteiger partial charge in [0.05, 0.1) is 6.61 Å². The summed E-state index contributed by atoms with van der Waals surface area (Å²) in [5.41, 5.74) is 0.447. The zero-order valence-corrected chi connectivity index (χ0v) is 19.2. The second-order valence-corrected chi connectivity index (χ2v) is 9.97. The van der Waals surface area contributed by atoms with Crippen molar-refractivity contribution in [3.8, 4) is 5.75 Å². The summed E-state index contributed by atoms with van der Waals surface area (Å²) in [6.07, 6.45) is 17.6. The van der Waals surface area contributed by atoms with E-state index in [0.717, 1.165) is 24.2 Å². The maximum absolute atomic E-state index is 14.3. The molecule has 0 amide bonds. The highest BCUT2D eigenvalue weighted by atomic mass is 19.2. The SMILES string of the molecule is CCCCCC1CCC(C2CCC(COc3ccc(CCC)c(F)c3F)CC2)CC1. The lowest BCUT2D eigenvalue weighted by Gasteiger charge is -2.38. The van der Waals surface area contributed by atoms with E-state index in [2.05, 4.69) is 6.92 Å². The fraction of sp³-hybridized carbons (Fsp3) is 0.778. The molecule has 0 bridgehead atoms. The summed E-state index contributed by atoms with van der Waals surface area (Å²) in [6.45, 7) is 4.77. The molecule has 1 aromatic rings. The predicted octanol–water partition coefficient (Wildman–Crippen LogP) is 8.49. The standard InChI is InChI=1S/C27H42F2O/c1-3-5-6-8-20-9-13-22(14-10-20)23-15-11-21(12-16-23)19-30-25-18-17-24(7-4-2)26(28)27(25)29/h17-18,20-23H,3-16,19H2,1-2H3. The van der Waals surface area contributed by atoms with Gasteiger partial charge < -0.3 is 4.74 Å². The van der Waals surface area contributed by atoms with Gasteiger partial charge in [-0.1, -0.05) is 64.9 Å². The van der Waals surface area contributed by atoms with Crippen LogP contribution in [0.15, 0.2) is 12.1 Å². The Balaban J connectivity index is 1.38. The largest absolute Gasteiger partial charge is 0.490 e. The number of hydrogen-bond donors (Lipinski definition) is 0. The normalized spacial score (nSPS) is 27.2. The van der Waals surface area contributed by atoms with Crippen molar-refractivity contribution in [2.75, 3.05) is 6.61 Å². The van der Waals surface area contributed by atoms with Gasteiger partial charge in [-0.2, -0.15) is 4.39 Å². The third-order valence-electron chi connectivity index (χ3n) is 7.79. The molecule has 0 N–H and O–H groups in total. The van der Waals surface area contributed by atoms with Crippen molar-refractivity contribution in [3.05, 3.63) is 29.3 Å². The average molecular weight is 421 g/mol. The maximum atomic E-state index is 14.3. The van der Waals surface area contributed by atoms with Crippen LogP contribution in [0.3, 0.4) is 0 Å². The molecule has 2 aliphatic carbocycles. The molecule has 0 aliphatic heterocycles. The number of hydrogen-bond acceptors (Lipinski definition) is 1. The van der Waals surface area contributed by atoms with Crippen LogP contribution in [-0.2, 0) is 6.42 Å². The van der Waals surface area contributed by atoms with Gasteiger partial charge in [0.2, 0.25) is 5.82 Å². The Hall–Kier alpha value is -1.12. The van der Waals surface area contributed by atoms with Gasteiger partial charge in [0.25, 0.3) is 0 Å². The first-order chi connectivity index (χ1) is 14.6. The predicted molar refractivity (Wildman–Crippen MR) is 121 cm³/mol. The van der Waals surface area contributed by atoms with E-state index in [-0.39, 0.29) is 5.75 Å². The molecule has 0 atom stereocenters. The van der Waals surface area contributed by atoms with Crippen molar-refractivity contribution < 1.29 is 13.5 Å². The molecule has 3 rings (SSSR count). The van der Waals surface area contributed by atoms with E-state index in [1.807, 2.05) is 6.92 Å². The highest BCUT2D eigenvalue weighted by Crippen LogP contribution is 2.42. The lowest BCUT2D eigenvalue weighted by atomic mass is 9.69. The van der Waals surface area contributed by atoms with E-state index >= 15 is 0 Å². The van der Waals surface area contributed by atoms with Crippen LogP contribution in [0.5, 0.6) is 5.75 Å². The van der Waals surface area contributed by atoms with Crippen molar-refractivity contribution in [1.29, 1.82) is 0 Å². The summed E-state index contributed by atoms with van der Waals surface area (Å²) in [6, 6.07) is 3.28. The zero-order valence-electron chi connectivity index (χ0n) is 19.2. The number of unbranched alkanes of at least 4 members (excludes halogenated alkanes) is 2. The molecular formula is C27H42F2O. The average Bonchev–Trinajstić information content (AvgIpc) is 2.78. The number of benzene rings is 1. The minimum absolute atomic E-state index is 0.0795. The minimum atomic E-state index is -0.815. The van der Waals surface area contributed by atoms with Crippen molar-refractivity contribution in [2.45, 2.75) is 104 Å². The van der Waals surface area contributed by atoms with Crippen LogP contribution in [0, 0.1) is 35.3 Å². The summed E-state index contributed by atoms with van der Waals surface area (Å²) in [5.74, 6) is 1.79. The van der Waals surface area contributed by atoms with Gasteiger partial charge in [-0.15, -0.1) is 0 Å². The molecule has 2 aliphatic rings. The lowest BCUT2D eigenvalue weighted by Crippen LogP contribution is -2.27. The zero-order chi connectivity index (χ0) is 21.3. The van der Waals surface area contributed by atoms with Gasteiger partial charge in [0, 0.05) is 0 Å². The molecule has 1 nitrogen and oxygen atoms in total. The van der Waals surface area contributed by atoms with E-state index in [0.29, 0.717) is 24.5 Å². The van der Waals surface area contributed by atoms with Gasteiger partial charge in [0.1, 0.15) is 0 Å². The second kappa shape index (κ2) is 12.1. The van der Waals surface area contributed by atoms with Crippen molar-refractivity contribution >= 4 is 0 Å². The van der Waals surface area contributed by atoms with Crippen molar-refractivity contribution in [3.63, 3.8) is 0 Å². The van der Waals surface area contributed by atoms with E-state index in [1.54, 1.807) is 12.1 Å². The summed E-state index contributed by atoms with van der Waals surface area (Å²) < 4.78 is 34.1. The number of halogens is 2. The number of rotatable bonds is 10. The van der Waals surface area contributed by atoms with Gasteiger partial charge >= 0.3 is 0 Å². The molecule has 1 aromatic carbocycles. The fourth-order valence-electron chi connectivity index (χ4n) is 5.81. The Kier molecular flexibility index (Phi) is 9.46. The van der Waals surface area contributed by atoms with Crippen LogP contribution in [-0.4, -0.2) is 6.61 Å². The molecule has 0 aromatic heterocycles. The topological polar surface area (TPSA) is 9.23 Å². The van der Waals surface area contributed by atoms with Crippen LogP contribution in [0.4, 0.5) is 8.78 Å². The minimum Gasteiger partial charge on any atom is -0.490 e. The molecule has 2 saturated carbocycles. The van der Waals surface area contributed by atoms with Crippen molar-refractivity contribution in [1.82, 2.24) is 0 Å². The Morgan fingerprint density at radius 2 is 1.40 bits per heavy atom. The molecule has 2 fully saturated rings. The highest BCUT2D eigenvalue weighted by molar-refractivity contribution is 5.31. The van der Waals surface area contributed by atoms with Crippen LogP contribution >= 0.6 is 0 Å². The third kappa shape index (κ3) is 6.44. The molecule has 170 valence electrons. The van der Waals surface area contributed by atoms with Crippen molar-refractivity contribution in [2.24, 2.45) is 23.7 Å². The van der Waals surface area contributed by atoms with Gasteiger partial charge in [-0.05, 0) is 80.2 Å². The number of ether oxygens (including phenoxy) is 1. The van der Waals surface area contributed by atoms with Crippen LogP contribution < -0.4 is 4.74 Å². The maximum Gasteiger partial charge on any atom is 0.200 e. The molecule has 0 spiro atoms. The monoisotopic (exact) mass is 420 g/mol. The first kappa shape index (κ1) is 23.5. The second-order valence-electron chi connectivity index (χ2n) is 9.97. The summed E-state index contributed by atoms with van der Waals surface area (Å²) in [4.78, 5) is 0. The summed E-state index contributed by atoms with van der Waals surface area (Å²) in [7, 11) is 0. The third-order valence-corrected chi connectivity index (χ3v) is 7.79. The smallest absolute Gasteiger partial charge is 0.200 e. The Bertz CT molecular complexity index is 628. The molecule has 0 unspecified atom stereocenters. The molecular weight excluding hydrogens is 378 g/mol. The van der Waals surface area contributed by atoms with Gasteiger partial charge in [0.15, 0.2) is 11.6 Å².